The van der Waals surface area contributed by atoms with Gasteiger partial charge >= 0.3 is 23.9 Å². The molecule has 0 unspecified atom stereocenters. The lowest BCUT2D eigenvalue weighted by Crippen LogP contribution is -2.10. The van der Waals surface area contributed by atoms with Crippen molar-refractivity contribution in [1.82, 2.24) is 0 Å². The molecular weight excluding hydrogens is 416 g/mol. The van der Waals surface area contributed by atoms with Gasteiger partial charge in [0.25, 0.3) is 0 Å². The second kappa shape index (κ2) is 12.5. The topological polar surface area (TPSA) is 127 Å². The Labute approximate surface area is 185 Å². The van der Waals surface area contributed by atoms with Crippen LogP contribution in [0, 0.1) is 13.8 Å². The van der Waals surface area contributed by atoms with Gasteiger partial charge in [-0.25, -0.2) is 19.2 Å². The molecule has 32 heavy (non-hydrogen) atoms. The Kier molecular flexibility index (Phi) is 10.1. The number of carbonyl (C=O) groups is 4. The molecule has 2 aromatic carbocycles. The number of carboxylic acid groups (broad SMARTS) is 2. The quantitative estimate of drug-likeness (QED) is 0.398. The molecule has 2 N–H and O–H groups in total. The summed E-state index contributed by atoms with van der Waals surface area (Å²) < 4.78 is 8.42. The molecule has 0 aliphatic rings. The first-order valence-corrected chi connectivity index (χ1v) is 9.29. The molecule has 8 heteroatoms. The molecule has 168 valence electrons. The first-order chi connectivity index (χ1) is 15.1. The third-order valence-electron chi connectivity index (χ3n) is 4.05. The van der Waals surface area contributed by atoms with Crippen LogP contribution >= 0.6 is 0 Å². The number of aliphatic carboxylic acids is 2. The van der Waals surface area contributed by atoms with Crippen LogP contribution in [0.15, 0.2) is 60.7 Å². The summed E-state index contributed by atoms with van der Waals surface area (Å²) in [6.07, 6.45) is 1.98. The third-order valence-corrected chi connectivity index (χ3v) is 4.05. The Hall–Kier alpha value is -4.20. The second-order valence-corrected chi connectivity index (χ2v) is 6.48. The lowest BCUT2D eigenvalue weighted by Gasteiger charge is -2.11. The van der Waals surface area contributed by atoms with E-state index in [2.05, 4.69) is 9.47 Å². The van der Waals surface area contributed by atoms with Crippen LogP contribution in [0.3, 0.4) is 0 Å². The Morgan fingerprint density at radius 2 is 1.03 bits per heavy atom. The number of rotatable bonds is 6. The highest BCUT2D eigenvalue weighted by atomic mass is 16.5. The Balaban J connectivity index is 0.000000433. The minimum Gasteiger partial charge on any atom is -0.478 e. The molecule has 0 bridgehead atoms. The van der Waals surface area contributed by atoms with Crippen molar-refractivity contribution in [3.63, 3.8) is 0 Å². The fourth-order valence-corrected chi connectivity index (χ4v) is 2.62. The van der Waals surface area contributed by atoms with Gasteiger partial charge in [0.1, 0.15) is 0 Å². The van der Waals surface area contributed by atoms with Gasteiger partial charge in [0.15, 0.2) is 0 Å². The van der Waals surface area contributed by atoms with Gasteiger partial charge in [-0.3, -0.25) is 0 Å². The maximum absolute atomic E-state index is 11.7. The molecule has 0 atom stereocenters. The summed E-state index contributed by atoms with van der Waals surface area (Å²) in [4.78, 5) is 44.0. The van der Waals surface area contributed by atoms with Gasteiger partial charge in [0.05, 0.1) is 25.4 Å². The number of hydrogen-bond acceptors (Lipinski definition) is 6. The maximum atomic E-state index is 11.7. The second-order valence-electron chi connectivity index (χ2n) is 6.48. The standard InChI is InChI=1S/C18H16O4.C6H8O4/c1-11-5-3-7-13(9-11)15(17(19)20)16(18(21)22)14-8-4-6-12(2)10-14;1-9-5(7)3-4-6(8)10-2/h3-10H,1-2H3,(H,19,20)(H,21,22);3-4H,1-2H3/b16-15-;4-3-. The molecule has 0 aliphatic carbocycles. The Bertz CT molecular complexity index is 980. The SMILES string of the molecule is COC(=O)/C=C\C(=O)OC.Cc1cccc(/C(C(=O)O)=C(/C(=O)O)c2cccc(C)c2)c1. The highest BCUT2D eigenvalue weighted by Gasteiger charge is 2.23. The number of esters is 2. The van der Waals surface area contributed by atoms with E-state index in [0.717, 1.165) is 23.3 Å². The molecule has 0 radical (unpaired) electrons. The highest BCUT2D eigenvalue weighted by molar-refractivity contribution is 6.36. The number of methoxy groups -OCH3 is 2. The molecular formula is C24H24O8. The van der Waals surface area contributed by atoms with Crippen LogP contribution in [0.25, 0.3) is 11.1 Å². The van der Waals surface area contributed by atoms with Gasteiger partial charge < -0.3 is 19.7 Å². The first kappa shape index (κ1) is 25.8. The van der Waals surface area contributed by atoms with Crippen LogP contribution in [0.2, 0.25) is 0 Å². The monoisotopic (exact) mass is 440 g/mol. The van der Waals surface area contributed by atoms with Gasteiger partial charge in [0, 0.05) is 12.2 Å². The molecule has 2 aromatic rings. The van der Waals surface area contributed by atoms with Crippen molar-refractivity contribution in [2.75, 3.05) is 14.2 Å². The van der Waals surface area contributed by atoms with E-state index in [1.807, 2.05) is 26.0 Å². The summed E-state index contributed by atoms with van der Waals surface area (Å²) in [6, 6.07) is 13.6. The predicted octanol–water partition coefficient (Wildman–Crippen LogP) is 3.27. The Morgan fingerprint density at radius 1 is 0.688 bits per heavy atom. The fraction of sp³-hybridized carbons (Fsp3) is 0.167. The number of carbonyl (C=O) groups excluding carboxylic acids is 2. The summed E-state index contributed by atoms with van der Waals surface area (Å²) in [5.41, 5.74) is 2.08. The summed E-state index contributed by atoms with van der Waals surface area (Å²) in [5, 5.41) is 19.1. The van der Waals surface area contributed by atoms with Crippen molar-refractivity contribution in [1.29, 1.82) is 0 Å². The summed E-state index contributed by atoms with van der Waals surface area (Å²) in [6.45, 7) is 3.66. The lowest BCUT2D eigenvalue weighted by atomic mass is 9.93. The normalized spacial score (nSPS) is 11.0. The molecule has 0 aromatic heterocycles. The number of hydrogen-bond donors (Lipinski definition) is 2. The van der Waals surface area contributed by atoms with Gasteiger partial charge in [-0.1, -0.05) is 59.7 Å². The zero-order chi connectivity index (χ0) is 24.3. The van der Waals surface area contributed by atoms with E-state index >= 15 is 0 Å². The third kappa shape index (κ3) is 7.91. The number of aryl methyl sites for hydroxylation is 2. The maximum Gasteiger partial charge on any atom is 0.337 e. The average Bonchev–Trinajstić information content (AvgIpc) is 2.75. The minimum atomic E-state index is -1.26. The first-order valence-electron chi connectivity index (χ1n) is 9.29. The van der Waals surface area contributed by atoms with Crippen molar-refractivity contribution in [2.45, 2.75) is 13.8 Å². The summed E-state index contributed by atoms with van der Waals surface area (Å²) in [7, 11) is 2.45. The van der Waals surface area contributed by atoms with Gasteiger partial charge in [-0.05, 0) is 25.0 Å². The minimum absolute atomic E-state index is 0.207. The van der Waals surface area contributed by atoms with Crippen LogP contribution in [-0.2, 0) is 28.7 Å². The van der Waals surface area contributed by atoms with E-state index in [1.165, 1.54) is 14.2 Å². The largest absolute Gasteiger partial charge is 0.478 e. The zero-order valence-electron chi connectivity index (χ0n) is 18.1. The average molecular weight is 440 g/mol. The van der Waals surface area contributed by atoms with Crippen molar-refractivity contribution in [3.8, 4) is 0 Å². The molecule has 0 saturated carbocycles. The van der Waals surface area contributed by atoms with Gasteiger partial charge in [-0.15, -0.1) is 0 Å². The predicted molar refractivity (Wildman–Crippen MR) is 118 cm³/mol. The molecule has 0 aliphatic heterocycles. The Morgan fingerprint density at radius 3 is 1.28 bits per heavy atom. The van der Waals surface area contributed by atoms with E-state index in [9.17, 15) is 29.4 Å². The van der Waals surface area contributed by atoms with Crippen LogP contribution < -0.4 is 0 Å². The number of carboxylic acids is 2. The highest BCUT2D eigenvalue weighted by Crippen LogP contribution is 2.28. The van der Waals surface area contributed by atoms with Crippen molar-refractivity contribution < 1.29 is 38.9 Å². The molecule has 0 amide bonds. The summed E-state index contributed by atoms with van der Waals surface area (Å²) in [5.74, 6) is -3.68. The lowest BCUT2D eigenvalue weighted by molar-refractivity contribution is -0.137. The molecule has 8 nitrogen and oxygen atoms in total. The molecule has 0 fully saturated rings. The van der Waals surface area contributed by atoms with Crippen molar-refractivity contribution in [2.24, 2.45) is 0 Å². The van der Waals surface area contributed by atoms with Crippen molar-refractivity contribution >= 4 is 35.0 Å². The molecule has 0 spiro atoms. The molecule has 0 saturated heterocycles. The molecule has 0 heterocycles. The van der Waals surface area contributed by atoms with Crippen LogP contribution in [0.5, 0.6) is 0 Å². The summed E-state index contributed by atoms with van der Waals surface area (Å²) >= 11 is 0. The zero-order valence-corrected chi connectivity index (χ0v) is 18.1. The number of ether oxygens (including phenoxy) is 2. The van der Waals surface area contributed by atoms with Gasteiger partial charge in [0.2, 0.25) is 0 Å². The van der Waals surface area contributed by atoms with Gasteiger partial charge in [-0.2, -0.15) is 0 Å². The van der Waals surface area contributed by atoms with Crippen molar-refractivity contribution in [3.05, 3.63) is 82.9 Å². The van der Waals surface area contributed by atoms with E-state index in [4.69, 9.17) is 0 Å². The fourth-order valence-electron chi connectivity index (χ4n) is 2.62. The van der Waals surface area contributed by atoms with E-state index < -0.39 is 23.9 Å². The van der Waals surface area contributed by atoms with E-state index in [1.54, 1.807) is 36.4 Å². The molecule has 2 rings (SSSR count). The van der Waals surface area contributed by atoms with Crippen LogP contribution in [-0.4, -0.2) is 48.3 Å². The van der Waals surface area contributed by atoms with Crippen LogP contribution in [0.1, 0.15) is 22.3 Å². The number of benzene rings is 2. The van der Waals surface area contributed by atoms with Crippen LogP contribution in [0.4, 0.5) is 0 Å². The smallest absolute Gasteiger partial charge is 0.337 e. The van der Waals surface area contributed by atoms with E-state index in [-0.39, 0.29) is 11.1 Å². The van der Waals surface area contributed by atoms with E-state index in [0.29, 0.717) is 11.1 Å².